The van der Waals surface area contributed by atoms with E-state index in [2.05, 4.69) is 0 Å². The SMILES string of the molecule is CC1C(F)(F)C(F)(F)C(F)(F)C1(F)F. The van der Waals surface area contributed by atoms with E-state index in [1.165, 1.54) is 0 Å². The molecule has 8 heteroatoms. The van der Waals surface area contributed by atoms with Crippen LogP contribution in [0.1, 0.15) is 6.92 Å². The number of rotatable bonds is 0. The Morgan fingerprint density at radius 3 is 0.929 bits per heavy atom. The van der Waals surface area contributed by atoms with Gasteiger partial charge in [0.1, 0.15) is 0 Å². The lowest BCUT2D eigenvalue weighted by molar-refractivity contribution is -0.303. The fourth-order valence-electron chi connectivity index (χ4n) is 1.19. The van der Waals surface area contributed by atoms with Crippen LogP contribution in [0.3, 0.4) is 0 Å². The van der Waals surface area contributed by atoms with Crippen molar-refractivity contribution in [1.29, 1.82) is 0 Å². The molecular formula is C6H4F8. The predicted molar refractivity (Wildman–Crippen MR) is 29.0 cm³/mol. The molecule has 0 unspecified atom stereocenters. The van der Waals surface area contributed by atoms with Gasteiger partial charge in [-0.25, -0.2) is 0 Å². The zero-order valence-corrected chi connectivity index (χ0v) is 6.60. The minimum absolute atomic E-state index is 0.0329. The summed E-state index contributed by atoms with van der Waals surface area (Å²) in [6, 6.07) is 0. The third kappa shape index (κ3) is 0.844. The number of alkyl halides is 8. The van der Waals surface area contributed by atoms with Crippen LogP contribution >= 0.6 is 0 Å². The second-order valence-corrected chi connectivity index (χ2v) is 3.12. The maximum absolute atomic E-state index is 12.4. The molecule has 1 rings (SSSR count). The molecule has 0 aromatic heterocycles. The van der Waals surface area contributed by atoms with Gasteiger partial charge in [0.15, 0.2) is 0 Å². The van der Waals surface area contributed by atoms with E-state index >= 15 is 0 Å². The molecule has 14 heavy (non-hydrogen) atoms. The highest BCUT2D eigenvalue weighted by Gasteiger charge is 2.91. The van der Waals surface area contributed by atoms with E-state index < -0.39 is 29.6 Å². The standard InChI is InChI=1S/C6H4F8/c1-2-3(7,8)5(11,12)6(13,14)4(2,9)10/h2H,1H3. The van der Waals surface area contributed by atoms with Gasteiger partial charge in [0.05, 0.1) is 5.92 Å². The second-order valence-electron chi connectivity index (χ2n) is 3.12. The zero-order chi connectivity index (χ0) is 11.6. The second kappa shape index (κ2) is 2.33. The first-order valence-corrected chi connectivity index (χ1v) is 3.42. The summed E-state index contributed by atoms with van der Waals surface area (Å²) in [5.74, 6) is -26.3. The summed E-state index contributed by atoms with van der Waals surface area (Å²) in [6.07, 6.45) is 0. The number of hydrogen-bond donors (Lipinski definition) is 0. The fourth-order valence-corrected chi connectivity index (χ4v) is 1.19. The average Bonchev–Trinajstić information content (AvgIpc) is 2.05. The van der Waals surface area contributed by atoms with Crippen LogP contribution in [-0.4, -0.2) is 23.7 Å². The van der Waals surface area contributed by atoms with E-state index in [1.807, 2.05) is 0 Å². The Bertz CT molecular complexity index is 229. The molecule has 0 aliphatic heterocycles. The molecule has 84 valence electrons. The van der Waals surface area contributed by atoms with Gasteiger partial charge in [-0.3, -0.25) is 0 Å². The molecule has 0 amide bonds. The Kier molecular flexibility index (Phi) is 1.92. The van der Waals surface area contributed by atoms with Gasteiger partial charge >= 0.3 is 23.7 Å². The van der Waals surface area contributed by atoms with Crippen LogP contribution in [0.2, 0.25) is 0 Å². The minimum atomic E-state index is -6.02. The Morgan fingerprint density at radius 2 is 0.857 bits per heavy atom. The largest absolute Gasteiger partial charge is 0.378 e. The molecule has 0 atom stereocenters. The van der Waals surface area contributed by atoms with Crippen LogP contribution in [0.5, 0.6) is 0 Å². The van der Waals surface area contributed by atoms with Crippen molar-refractivity contribution in [3.8, 4) is 0 Å². The molecule has 0 spiro atoms. The lowest BCUT2D eigenvalue weighted by Gasteiger charge is -2.23. The molecule has 0 radical (unpaired) electrons. The Labute approximate surface area is 72.9 Å². The summed E-state index contributed by atoms with van der Waals surface area (Å²) in [4.78, 5) is 0. The van der Waals surface area contributed by atoms with Crippen LogP contribution < -0.4 is 0 Å². The summed E-state index contributed by atoms with van der Waals surface area (Å²) in [7, 11) is 0. The highest BCUT2D eigenvalue weighted by molar-refractivity contribution is 5.16. The van der Waals surface area contributed by atoms with Gasteiger partial charge in [0, 0.05) is 0 Å². The molecule has 0 nitrogen and oxygen atoms in total. The van der Waals surface area contributed by atoms with Crippen LogP contribution in [-0.2, 0) is 0 Å². The van der Waals surface area contributed by atoms with Crippen molar-refractivity contribution < 1.29 is 35.1 Å². The first-order valence-electron chi connectivity index (χ1n) is 3.42. The molecule has 0 N–H and O–H groups in total. The fraction of sp³-hybridized carbons (Fsp3) is 1.00. The lowest BCUT2D eigenvalue weighted by Crippen LogP contribution is -2.51. The van der Waals surface area contributed by atoms with Gasteiger partial charge in [-0.2, -0.15) is 35.1 Å². The topological polar surface area (TPSA) is 0 Å². The van der Waals surface area contributed by atoms with Crippen molar-refractivity contribution in [3.63, 3.8) is 0 Å². The quantitative estimate of drug-likeness (QED) is 0.558. The maximum atomic E-state index is 12.4. The third-order valence-electron chi connectivity index (χ3n) is 2.32. The van der Waals surface area contributed by atoms with Crippen LogP contribution in [0.4, 0.5) is 35.1 Å². The zero-order valence-electron chi connectivity index (χ0n) is 6.60. The van der Waals surface area contributed by atoms with Gasteiger partial charge in [-0.1, -0.05) is 6.92 Å². The Balaban J connectivity index is 3.38. The summed E-state index contributed by atoms with van der Waals surface area (Å²) in [5.41, 5.74) is 0. The van der Waals surface area contributed by atoms with Crippen LogP contribution in [0.25, 0.3) is 0 Å². The third-order valence-corrected chi connectivity index (χ3v) is 2.32. The van der Waals surface area contributed by atoms with Crippen molar-refractivity contribution in [2.45, 2.75) is 30.6 Å². The van der Waals surface area contributed by atoms with E-state index in [4.69, 9.17) is 0 Å². The molecule has 1 fully saturated rings. The van der Waals surface area contributed by atoms with Crippen molar-refractivity contribution in [2.75, 3.05) is 0 Å². The van der Waals surface area contributed by atoms with Crippen LogP contribution in [0, 0.1) is 5.92 Å². The van der Waals surface area contributed by atoms with Crippen LogP contribution in [0.15, 0.2) is 0 Å². The summed E-state index contributed by atoms with van der Waals surface area (Å²) in [5, 5.41) is 0. The molecule has 0 saturated heterocycles. The monoisotopic (exact) mass is 228 g/mol. The van der Waals surface area contributed by atoms with Gasteiger partial charge in [-0.05, 0) is 0 Å². The minimum Gasteiger partial charge on any atom is -0.199 e. The first kappa shape index (κ1) is 11.5. The van der Waals surface area contributed by atoms with Crippen molar-refractivity contribution in [3.05, 3.63) is 0 Å². The lowest BCUT2D eigenvalue weighted by atomic mass is 10.0. The molecule has 0 heterocycles. The molecular weight excluding hydrogens is 224 g/mol. The van der Waals surface area contributed by atoms with E-state index in [9.17, 15) is 35.1 Å². The molecule has 0 bridgehead atoms. The van der Waals surface area contributed by atoms with Gasteiger partial charge in [0.2, 0.25) is 0 Å². The van der Waals surface area contributed by atoms with E-state index in [-0.39, 0.29) is 6.92 Å². The van der Waals surface area contributed by atoms with E-state index in [0.29, 0.717) is 0 Å². The van der Waals surface area contributed by atoms with Crippen molar-refractivity contribution >= 4 is 0 Å². The molecule has 0 aromatic carbocycles. The molecule has 1 saturated carbocycles. The first-order chi connectivity index (χ1) is 5.90. The predicted octanol–water partition coefficient (Wildman–Crippen LogP) is 3.18. The highest BCUT2D eigenvalue weighted by Crippen LogP contribution is 2.65. The molecule has 1 aliphatic rings. The smallest absolute Gasteiger partial charge is 0.199 e. The Morgan fingerprint density at radius 1 is 0.643 bits per heavy atom. The Hall–Kier alpha value is -0.560. The van der Waals surface area contributed by atoms with Crippen molar-refractivity contribution in [2.24, 2.45) is 5.92 Å². The molecule has 0 aromatic rings. The maximum Gasteiger partial charge on any atom is 0.378 e. The summed E-state index contributed by atoms with van der Waals surface area (Å²) in [6.45, 7) is -0.0329. The number of hydrogen-bond acceptors (Lipinski definition) is 0. The normalized spacial score (nSPS) is 33.2. The van der Waals surface area contributed by atoms with Gasteiger partial charge in [-0.15, -0.1) is 0 Å². The van der Waals surface area contributed by atoms with Gasteiger partial charge < -0.3 is 0 Å². The average molecular weight is 228 g/mol. The van der Waals surface area contributed by atoms with E-state index in [0.717, 1.165) is 0 Å². The highest BCUT2D eigenvalue weighted by atomic mass is 19.4. The summed E-state index contributed by atoms with van der Waals surface area (Å²) >= 11 is 0. The van der Waals surface area contributed by atoms with E-state index in [1.54, 1.807) is 0 Å². The summed E-state index contributed by atoms with van der Waals surface area (Å²) < 4.78 is 98.7. The van der Waals surface area contributed by atoms with Gasteiger partial charge in [0.25, 0.3) is 0 Å². The van der Waals surface area contributed by atoms with Crippen molar-refractivity contribution in [1.82, 2.24) is 0 Å². The number of halogens is 8. The molecule has 1 aliphatic carbocycles.